The van der Waals surface area contributed by atoms with Crippen molar-refractivity contribution < 1.29 is 23.9 Å². The molecule has 0 saturated heterocycles. The number of unbranched alkanes of at least 4 members (excludes halogenated alkanes) is 1. The number of likely N-dealkylation sites (N-methyl/N-ethyl adjacent to an activating group) is 1. The minimum atomic E-state index is -1.00. The Morgan fingerprint density at radius 3 is 2.30 bits per heavy atom. The maximum absolute atomic E-state index is 10.8. The SMILES string of the molecule is CCCCOC(=O)NCC#CI.C[N+](C)(C)CC(=O)[O-]. The van der Waals surface area contributed by atoms with E-state index in [0.29, 0.717) is 17.6 Å². The Labute approximate surface area is 134 Å². The van der Waals surface area contributed by atoms with Crippen LogP contribution in [0.2, 0.25) is 0 Å². The van der Waals surface area contributed by atoms with E-state index in [1.807, 2.05) is 29.5 Å². The van der Waals surface area contributed by atoms with Crippen LogP contribution in [0.15, 0.2) is 0 Å². The summed E-state index contributed by atoms with van der Waals surface area (Å²) in [5.41, 5.74) is 0. The molecule has 0 fully saturated rings. The first kappa shape index (κ1) is 21.3. The molecule has 0 aromatic heterocycles. The number of hydrogen-bond acceptors (Lipinski definition) is 4. The van der Waals surface area contributed by atoms with E-state index in [9.17, 15) is 14.7 Å². The lowest BCUT2D eigenvalue weighted by Crippen LogP contribution is -2.45. The lowest BCUT2D eigenvalue weighted by Gasteiger charge is -2.23. The second kappa shape index (κ2) is 13.0. The van der Waals surface area contributed by atoms with Gasteiger partial charge in [0.2, 0.25) is 0 Å². The van der Waals surface area contributed by atoms with Crippen molar-refractivity contribution in [3.8, 4) is 9.85 Å². The molecule has 1 N–H and O–H groups in total. The van der Waals surface area contributed by atoms with E-state index in [0.717, 1.165) is 12.8 Å². The average Bonchev–Trinajstić information content (AvgIpc) is 2.27. The second-order valence-corrected chi connectivity index (χ2v) is 5.47. The predicted molar refractivity (Wildman–Crippen MR) is 84.0 cm³/mol. The van der Waals surface area contributed by atoms with Crippen LogP contribution in [-0.4, -0.2) is 57.4 Å². The van der Waals surface area contributed by atoms with Gasteiger partial charge in [0, 0.05) is 22.6 Å². The van der Waals surface area contributed by atoms with Gasteiger partial charge in [0.05, 0.1) is 40.3 Å². The summed E-state index contributed by atoms with van der Waals surface area (Å²) < 4.78 is 7.87. The third-order valence-electron chi connectivity index (χ3n) is 1.72. The Kier molecular flexibility index (Phi) is 13.8. The summed E-state index contributed by atoms with van der Waals surface area (Å²) in [4.78, 5) is 20.7. The van der Waals surface area contributed by atoms with Crippen LogP contribution >= 0.6 is 22.6 Å². The Morgan fingerprint density at radius 2 is 1.95 bits per heavy atom. The van der Waals surface area contributed by atoms with Crippen LogP contribution in [0.3, 0.4) is 0 Å². The quantitative estimate of drug-likeness (QED) is 0.303. The number of carbonyl (C=O) groups is 2. The summed E-state index contributed by atoms with van der Waals surface area (Å²) in [5, 5.41) is 12.4. The van der Waals surface area contributed by atoms with E-state index >= 15 is 0 Å². The molecule has 7 heteroatoms. The molecule has 0 heterocycles. The number of ether oxygens (including phenoxy) is 1. The zero-order chi connectivity index (χ0) is 16.0. The number of quaternary nitrogens is 1. The van der Waals surface area contributed by atoms with Crippen molar-refractivity contribution >= 4 is 34.7 Å². The van der Waals surface area contributed by atoms with Crippen molar-refractivity contribution in [1.29, 1.82) is 0 Å². The highest BCUT2D eigenvalue weighted by Crippen LogP contribution is 1.87. The van der Waals surface area contributed by atoms with Gasteiger partial charge in [0.1, 0.15) is 6.54 Å². The van der Waals surface area contributed by atoms with Gasteiger partial charge in [-0.25, -0.2) is 4.79 Å². The van der Waals surface area contributed by atoms with Gasteiger partial charge in [-0.3, -0.25) is 0 Å². The molecule has 0 saturated carbocycles. The molecule has 6 nitrogen and oxygen atoms in total. The van der Waals surface area contributed by atoms with Crippen molar-refractivity contribution in [2.24, 2.45) is 0 Å². The molecule has 0 aromatic carbocycles. The molecule has 0 radical (unpaired) electrons. The summed E-state index contributed by atoms with van der Waals surface area (Å²) in [5.74, 6) is 1.69. The molecule has 0 rings (SSSR count). The zero-order valence-corrected chi connectivity index (χ0v) is 14.7. The molecule has 0 atom stereocenters. The van der Waals surface area contributed by atoms with Crippen LogP contribution in [0, 0.1) is 9.85 Å². The van der Waals surface area contributed by atoms with Gasteiger partial charge in [0.25, 0.3) is 0 Å². The highest BCUT2D eigenvalue weighted by molar-refractivity contribution is 14.1. The number of nitrogens with one attached hydrogen (secondary N) is 1. The molecule has 0 spiro atoms. The summed E-state index contributed by atoms with van der Waals surface area (Å²) >= 11 is 1.92. The molecule has 1 amide bonds. The minimum absolute atomic E-state index is 0.0694. The van der Waals surface area contributed by atoms with E-state index < -0.39 is 5.97 Å². The highest BCUT2D eigenvalue weighted by atomic mass is 127. The Morgan fingerprint density at radius 1 is 1.35 bits per heavy atom. The fourth-order valence-corrected chi connectivity index (χ4v) is 1.09. The van der Waals surface area contributed by atoms with Crippen LogP contribution < -0.4 is 10.4 Å². The number of aliphatic carboxylic acids is 1. The van der Waals surface area contributed by atoms with Crippen LogP contribution in [0.25, 0.3) is 0 Å². The lowest BCUT2D eigenvalue weighted by molar-refractivity contribution is -0.864. The summed E-state index contributed by atoms with van der Waals surface area (Å²) in [6.07, 6.45) is 1.55. The average molecular weight is 398 g/mol. The molecule has 0 aromatic rings. The number of carbonyl (C=O) groups excluding carboxylic acids is 2. The van der Waals surface area contributed by atoms with E-state index in [4.69, 9.17) is 4.74 Å². The monoisotopic (exact) mass is 398 g/mol. The van der Waals surface area contributed by atoms with Crippen molar-refractivity contribution in [3.63, 3.8) is 0 Å². The second-order valence-electron chi connectivity index (χ2n) is 4.93. The molecule has 0 aliphatic rings. The number of halogens is 1. The topological polar surface area (TPSA) is 78.5 Å². The van der Waals surface area contributed by atoms with Crippen molar-refractivity contribution in [2.45, 2.75) is 19.8 Å². The molecule has 20 heavy (non-hydrogen) atoms. The zero-order valence-electron chi connectivity index (χ0n) is 12.5. The number of hydrogen-bond donors (Lipinski definition) is 1. The molecule has 116 valence electrons. The number of alkyl carbamates (subject to hydrolysis) is 1. The first-order valence-electron chi connectivity index (χ1n) is 6.22. The fourth-order valence-electron chi connectivity index (χ4n) is 0.897. The van der Waals surface area contributed by atoms with Crippen LogP contribution in [0.5, 0.6) is 0 Å². The van der Waals surface area contributed by atoms with Crippen molar-refractivity contribution in [3.05, 3.63) is 0 Å². The minimum Gasteiger partial charge on any atom is -0.544 e. The normalized spacial score (nSPS) is 9.45. The third kappa shape index (κ3) is 22.2. The summed E-state index contributed by atoms with van der Waals surface area (Å²) in [7, 11) is 5.40. The Bertz CT molecular complexity index is 343. The number of carboxylic acid groups (broad SMARTS) is 1. The number of rotatable bonds is 6. The first-order chi connectivity index (χ1) is 9.22. The predicted octanol–water partition coefficient (Wildman–Crippen LogP) is 0.351. The Hall–Kier alpha value is -1.01. The molecule has 0 aliphatic carbocycles. The van der Waals surface area contributed by atoms with Gasteiger partial charge < -0.3 is 24.4 Å². The molecular weight excluding hydrogens is 375 g/mol. The van der Waals surface area contributed by atoms with Crippen LogP contribution in [0.1, 0.15) is 19.8 Å². The van der Waals surface area contributed by atoms with E-state index in [2.05, 4.69) is 15.2 Å². The molecule has 0 unspecified atom stereocenters. The van der Waals surface area contributed by atoms with Crippen molar-refractivity contribution in [2.75, 3.05) is 40.8 Å². The molecule has 0 aliphatic heterocycles. The maximum Gasteiger partial charge on any atom is 0.407 e. The van der Waals surface area contributed by atoms with Gasteiger partial charge in [0.15, 0.2) is 0 Å². The fraction of sp³-hybridized carbons (Fsp3) is 0.692. The van der Waals surface area contributed by atoms with Gasteiger partial charge in [-0.15, -0.1) is 0 Å². The summed E-state index contributed by atoms with van der Waals surface area (Å²) in [6, 6.07) is 0. The van der Waals surface area contributed by atoms with E-state index in [1.165, 1.54) is 0 Å². The van der Waals surface area contributed by atoms with Gasteiger partial charge in [-0.05, 0) is 10.3 Å². The van der Waals surface area contributed by atoms with Crippen LogP contribution in [0.4, 0.5) is 4.79 Å². The molecular formula is C13H23IN2O4. The largest absolute Gasteiger partial charge is 0.544 e. The first-order valence-corrected chi connectivity index (χ1v) is 7.30. The van der Waals surface area contributed by atoms with E-state index in [-0.39, 0.29) is 12.6 Å². The number of amides is 1. The Balaban J connectivity index is 0. The van der Waals surface area contributed by atoms with Gasteiger partial charge in [-0.1, -0.05) is 19.3 Å². The highest BCUT2D eigenvalue weighted by Gasteiger charge is 2.04. The van der Waals surface area contributed by atoms with Crippen LogP contribution in [-0.2, 0) is 9.53 Å². The number of carboxylic acids is 1. The van der Waals surface area contributed by atoms with Gasteiger partial charge >= 0.3 is 6.09 Å². The summed E-state index contributed by atoms with van der Waals surface area (Å²) in [6.45, 7) is 2.96. The van der Waals surface area contributed by atoms with Crippen molar-refractivity contribution in [1.82, 2.24) is 5.32 Å². The maximum atomic E-state index is 10.8. The molecule has 0 bridgehead atoms. The van der Waals surface area contributed by atoms with E-state index in [1.54, 1.807) is 21.1 Å². The third-order valence-corrected chi connectivity index (χ3v) is 2.10. The smallest absolute Gasteiger partial charge is 0.407 e. The van der Waals surface area contributed by atoms with Gasteiger partial charge in [-0.2, -0.15) is 0 Å². The lowest BCUT2D eigenvalue weighted by atomic mass is 10.4. The standard InChI is InChI=1S/C8H12INO2.C5H11NO2/c1-2-3-7-12-8(11)10-6-4-5-9;1-6(2,3)4-5(7)8/h2-3,6-7H2,1H3,(H,10,11);4H2,1-3H3. The number of nitrogens with zero attached hydrogens (tertiary/aromatic N) is 1.